The first-order valence-corrected chi connectivity index (χ1v) is 16.4. The molecule has 8 nitrogen and oxygen atoms in total. The summed E-state index contributed by atoms with van der Waals surface area (Å²) in [5.41, 5.74) is 2.35. The number of ether oxygens (including phenoxy) is 4. The van der Waals surface area contributed by atoms with Crippen LogP contribution in [0.15, 0.2) is 75.7 Å². The van der Waals surface area contributed by atoms with Gasteiger partial charge in [-0.2, -0.15) is 0 Å². The first-order chi connectivity index (χ1) is 22.0. The molecule has 3 aromatic carbocycles. The predicted molar refractivity (Wildman–Crippen MR) is 181 cm³/mol. The highest BCUT2D eigenvalue weighted by atomic mass is 35.5. The number of aromatic nitrogens is 1. The van der Waals surface area contributed by atoms with E-state index in [1.807, 2.05) is 32.0 Å². The average Bonchev–Trinajstić information content (AvgIpc) is 3.30. The van der Waals surface area contributed by atoms with Gasteiger partial charge < -0.3 is 18.9 Å². The Balaban J connectivity index is 1.58. The van der Waals surface area contributed by atoms with Crippen LogP contribution in [0.2, 0.25) is 15.1 Å². The summed E-state index contributed by atoms with van der Waals surface area (Å²) in [7, 11) is 1.54. The minimum atomic E-state index is -0.827. The molecular weight excluding hydrogens is 671 g/mol. The van der Waals surface area contributed by atoms with E-state index >= 15 is 0 Å². The highest BCUT2D eigenvalue weighted by Crippen LogP contribution is 2.37. The zero-order chi connectivity index (χ0) is 33.1. The van der Waals surface area contributed by atoms with Crippen LogP contribution in [0.5, 0.6) is 17.2 Å². The molecule has 0 saturated carbocycles. The number of rotatable bonds is 10. The van der Waals surface area contributed by atoms with Crippen molar-refractivity contribution in [3.8, 4) is 17.2 Å². The molecule has 0 unspecified atom stereocenters. The van der Waals surface area contributed by atoms with Crippen molar-refractivity contribution in [2.45, 2.75) is 46.4 Å². The third-order valence-corrected chi connectivity index (χ3v) is 8.94. The Morgan fingerprint density at radius 3 is 2.41 bits per heavy atom. The summed E-state index contributed by atoms with van der Waals surface area (Å²) in [5, 5.41) is 1.11. The Morgan fingerprint density at radius 1 is 1.04 bits per heavy atom. The fourth-order valence-electron chi connectivity index (χ4n) is 5.03. The summed E-state index contributed by atoms with van der Waals surface area (Å²) in [6.07, 6.45) is 1.60. The molecule has 240 valence electrons. The van der Waals surface area contributed by atoms with Crippen LogP contribution in [0.1, 0.15) is 50.4 Å². The van der Waals surface area contributed by atoms with Crippen LogP contribution in [-0.4, -0.2) is 30.4 Å². The zero-order valence-electron chi connectivity index (χ0n) is 25.7. The molecule has 1 atom stereocenters. The van der Waals surface area contributed by atoms with E-state index in [2.05, 4.69) is 4.99 Å². The maximum Gasteiger partial charge on any atom is 0.338 e. The van der Waals surface area contributed by atoms with Gasteiger partial charge in [-0.25, -0.2) is 9.79 Å². The van der Waals surface area contributed by atoms with E-state index in [0.29, 0.717) is 48.4 Å². The number of hydrogen-bond donors (Lipinski definition) is 0. The minimum Gasteiger partial charge on any atom is -0.493 e. The Hall–Kier alpha value is -3.76. The van der Waals surface area contributed by atoms with E-state index in [0.717, 1.165) is 5.56 Å². The molecule has 0 N–H and O–H groups in total. The second-order valence-corrected chi connectivity index (χ2v) is 12.8. The number of nitrogens with zero attached hydrogens (tertiary/aromatic N) is 2. The number of benzene rings is 3. The maximum absolute atomic E-state index is 14.1. The van der Waals surface area contributed by atoms with Gasteiger partial charge >= 0.3 is 5.97 Å². The van der Waals surface area contributed by atoms with Crippen molar-refractivity contribution in [2.75, 3.05) is 13.7 Å². The lowest BCUT2D eigenvalue weighted by molar-refractivity contribution is -0.139. The summed E-state index contributed by atoms with van der Waals surface area (Å²) < 4.78 is 24.7. The number of carbonyl (C=O) groups excluding carboxylic acids is 1. The molecule has 4 aromatic rings. The summed E-state index contributed by atoms with van der Waals surface area (Å²) in [5.74, 6) is 0.748. The highest BCUT2D eigenvalue weighted by molar-refractivity contribution is 7.07. The number of methoxy groups -OCH3 is 1. The van der Waals surface area contributed by atoms with Gasteiger partial charge in [0.1, 0.15) is 6.61 Å². The molecule has 0 spiro atoms. The Bertz CT molecular complexity index is 1990. The lowest BCUT2D eigenvalue weighted by Gasteiger charge is -2.25. The van der Waals surface area contributed by atoms with E-state index < -0.39 is 12.0 Å². The quantitative estimate of drug-likeness (QED) is 0.164. The van der Waals surface area contributed by atoms with Gasteiger partial charge in [0, 0.05) is 10.6 Å². The fraction of sp³-hybridized carbons (Fsp3) is 0.265. The Labute approximate surface area is 285 Å². The molecule has 0 aliphatic carbocycles. The number of halogens is 3. The molecule has 0 amide bonds. The first-order valence-electron chi connectivity index (χ1n) is 14.4. The van der Waals surface area contributed by atoms with Crippen LogP contribution in [0.25, 0.3) is 6.08 Å². The zero-order valence-corrected chi connectivity index (χ0v) is 28.8. The van der Waals surface area contributed by atoms with Crippen LogP contribution >= 0.6 is 46.1 Å². The van der Waals surface area contributed by atoms with Crippen molar-refractivity contribution in [1.29, 1.82) is 0 Å². The van der Waals surface area contributed by atoms with Crippen LogP contribution in [0.3, 0.4) is 0 Å². The third kappa shape index (κ3) is 6.98. The molecule has 0 fully saturated rings. The van der Waals surface area contributed by atoms with E-state index in [-0.39, 0.29) is 40.5 Å². The number of fused-ring (bicyclic) bond motifs is 1. The topological polar surface area (TPSA) is 88.4 Å². The van der Waals surface area contributed by atoms with Gasteiger partial charge in [0.25, 0.3) is 5.56 Å². The van der Waals surface area contributed by atoms with Gasteiger partial charge in [0.05, 0.1) is 51.7 Å². The highest BCUT2D eigenvalue weighted by Gasteiger charge is 2.34. The summed E-state index contributed by atoms with van der Waals surface area (Å²) >= 11 is 20.6. The SMILES string of the molecule is CCOC(=O)C1=C(C)N=c2s/c(=C\c3cc(Cl)c(OCc4ccccc4Cl)c(Cl)c3)c(=O)n2[C@@H]1c1ccc(OC(C)C)c(OC)c1. The molecule has 0 radical (unpaired) electrons. The first kappa shape index (κ1) is 33.6. The van der Waals surface area contributed by atoms with Crippen molar-refractivity contribution in [2.24, 2.45) is 4.99 Å². The normalized spacial score (nSPS) is 14.6. The number of hydrogen-bond acceptors (Lipinski definition) is 8. The Kier molecular flexibility index (Phi) is 10.5. The lowest BCUT2D eigenvalue weighted by Crippen LogP contribution is -2.40. The van der Waals surface area contributed by atoms with Crippen molar-refractivity contribution in [3.05, 3.63) is 117 Å². The van der Waals surface area contributed by atoms with Crippen LogP contribution in [0.4, 0.5) is 0 Å². The number of carbonyl (C=O) groups is 1. The monoisotopic (exact) mass is 700 g/mol. The second kappa shape index (κ2) is 14.3. The smallest absolute Gasteiger partial charge is 0.338 e. The van der Waals surface area contributed by atoms with Gasteiger partial charge in [-0.1, -0.05) is 70.4 Å². The summed E-state index contributed by atoms with van der Waals surface area (Å²) in [6.45, 7) is 7.62. The van der Waals surface area contributed by atoms with Gasteiger partial charge in [0.2, 0.25) is 0 Å². The molecule has 46 heavy (non-hydrogen) atoms. The van der Waals surface area contributed by atoms with E-state index in [1.165, 1.54) is 23.0 Å². The van der Waals surface area contributed by atoms with Crippen LogP contribution in [0, 0.1) is 0 Å². The largest absolute Gasteiger partial charge is 0.493 e. The van der Waals surface area contributed by atoms with Crippen molar-refractivity contribution >= 4 is 58.2 Å². The Morgan fingerprint density at radius 2 is 1.76 bits per heavy atom. The van der Waals surface area contributed by atoms with Crippen molar-refractivity contribution in [3.63, 3.8) is 0 Å². The fourth-order valence-corrected chi connectivity index (χ4v) is 6.88. The van der Waals surface area contributed by atoms with E-state index in [1.54, 1.807) is 56.3 Å². The number of thiazole rings is 1. The number of esters is 1. The molecule has 2 heterocycles. The van der Waals surface area contributed by atoms with Crippen LogP contribution in [-0.2, 0) is 16.1 Å². The molecule has 12 heteroatoms. The lowest BCUT2D eigenvalue weighted by atomic mass is 9.95. The minimum absolute atomic E-state index is 0.0837. The predicted octanol–water partition coefficient (Wildman–Crippen LogP) is 7.13. The summed E-state index contributed by atoms with van der Waals surface area (Å²) in [4.78, 5) is 32.4. The molecule has 1 aromatic heterocycles. The third-order valence-electron chi connectivity index (χ3n) is 7.03. The second-order valence-electron chi connectivity index (χ2n) is 10.6. The van der Waals surface area contributed by atoms with Crippen molar-refractivity contribution < 1.29 is 23.7 Å². The standard InChI is InChI=1S/C34H31Cl3N2O6S/c1-6-43-33(41)29-19(4)38-34-39(30(29)21-11-12-26(45-18(2)3)27(16-21)42-5)32(40)28(46-34)15-20-13-24(36)31(25(37)14-20)44-17-22-9-7-8-10-23(22)35/h7-16,18,30H,6,17H2,1-5H3/b28-15-/t30-/m1/s1. The molecular formula is C34H31Cl3N2O6S. The van der Waals surface area contributed by atoms with Gasteiger partial charge in [-0.05, 0) is 75.2 Å². The molecule has 1 aliphatic rings. The average molecular weight is 702 g/mol. The van der Waals surface area contributed by atoms with Crippen molar-refractivity contribution in [1.82, 2.24) is 4.57 Å². The van der Waals surface area contributed by atoms with Gasteiger partial charge in [0.15, 0.2) is 22.0 Å². The van der Waals surface area contributed by atoms with Crippen LogP contribution < -0.4 is 29.1 Å². The molecule has 1 aliphatic heterocycles. The molecule has 0 saturated heterocycles. The molecule has 0 bridgehead atoms. The van der Waals surface area contributed by atoms with E-state index in [4.69, 9.17) is 53.8 Å². The molecule has 5 rings (SSSR count). The van der Waals surface area contributed by atoms with Gasteiger partial charge in [-0.3, -0.25) is 9.36 Å². The maximum atomic E-state index is 14.1. The van der Waals surface area contributed by atoms with E-state index in [9.17, 15) is 9.59 Å². The summed E-state index contributed by atoms with van der Waals surface area (Å²) in [6, 6.07) is 15.2. The number of allylic oxidation sites excluding steroid dienone is 1. The van der Waals surface area contributed by atoms with Gasteiger partial charge in [-0.15, -0.1) is 0 Å².